The normalized spacial score (nSPS) is 23.3. The van der Waals surface area contributed by atoms with Crippen LogP contribution in [0.5, 0.6) is 0 Å². The average Bonchev–Trinajstić information content (AvgIpc) is 3.19. The smallest absolute Gasteiger partial charge is 0.261 e. The molecular formula is C23H22ClN5O. The number of anilines is 1. The monoisotopic (exact) mass is 419 g/mol. The van der Waals surface area contributed by atoms with Crippen LogP contribution < -0.4 is 10.9 Å². The first-order chi connectivity index (χ1) is 14.7. The number of hydrogen-bond donors (Lipinski definition) is 3. The minimum absolute atomic E-state index is 0.160. The highest BCUT2D eigenvalue weighted by Gasteiger charge is 2.35. The van der Waals surface area contributed by atoms with Crippen LogP contribution in [0, 0.1) is 5.92 Å². The number of halogens is 1. The largest absolute Gasteiger partial charge is 0.379 e. The molecule has 1 atom stereocenters. The molecule has 0 amide bonds. The number of aromatic amines is 2. The van der Waals surface area contributed by atoms with Crippen LogP contribution in [0.4, 0.5) is 5.69 Å². The van der Waals surface area contributed by atoms with E-state index in [2.05, 4.69) is 20.2 Å². The summed E-state index contributed by atoms with van der Waals surface area (Å²) in [6.07, 6.45) is 2.39. The fourth-order valence-electron chi connectivity index (χ4n) is 5.03. The number of pyridine rings is 1. The molecule has 0 radical (unpaired) electrons. The van der Waals surface area contributed by atoms with Crippen LogP contribution in [0.1, 0.15) is 12.8 Å². The van der Waals surface area contributed by atoms with Crippen LogP contribution in [0.25, 0.3) is 33.3 Å². The Labute approximate surface area is 178 Å². The van der Waals surface area contributed by atoms with Gasteiger partial charge in [0.25, 0.3) is 5.56 Å². The molecule has 3 fully saturated rings. The summed E-state index contributed by atoms with van der Waals surface area (Å²) in [4.78, 5) is 26.8. The van der Waals surface area contributed by atoms with Crippen molar-refractivity contribution in [2.45, 2.75) is 18.9 Å². The summed E-state index contributed by atoms with van der Waals surface area (Å²) in [6, 6.07) is 13.7. The second-order valence-electron chi connectivity index (χ2n) is 8.39. The Bertz CT molecular complexity index is 1290. The molecule has 0 spiro atoms. The van der Waals surface area contributed by atoms with Gasteiger partial charge in [-0.15, -0.1) is 0 Å². The van der Waals surface area contributed by atoms with Gasteiger partial charge in [-0.25, -0.2) is 4.98 Å². The predicted octanol–water partition coefficient (Wildman–Crippen LogP) is 4.23. The summed E-state index contributed by atoms with van der Waals surface area (Å²) in [5.41, 5.74) is 3.71. The first-order valence-corrected chi connectivity index (χ1v) is 10.8. The van der Waals surface area contributed by atoms with Crippen LogP contribution in [0.3, 0.4) is 0 Å². The van der Waals surface area contributed by atoms with Crippen LogP contribution in [-0.2, 0) is 0 Å². The van der Waals surface area contributed by atoms with E-state index in [0.29, 0.717) is 28.4 Å². The number of piperidine rings is 3. The van der Waals surface area contributed by atoms with Crippen LogP contribution in [0.2, 0.25) is 5.02 Å². The van der Waals surface area contributed by atoms with Gasteiger partial charge in [-0.1, -0.05) is 23.7 Å². The van der Waals surface area contributed by atoms with Gasteiger partial charge in [0.05, 0.1) is 22.2 Å². The van der Waals surface area contributed by atoms with E-state index in [0.717, 1.165) is 34.2 Å². The van der Waals surface area contributed by atoms with E-state index in [-0.39, 0.29) is 5.56 Å². The minimum atomic E-state index is -0.160. The Balaban J connectivity index is 1.56. The number of hydrogen-bond acceptors (Lipinski definition) is 4. The van der Waals surface area contributed by atoms with Crippen molar-refractivity contribution in [2.75, 3.05) is 25.0 Å². The lowest BCUT2D eigenvalue weighted by Gasteiger charge is -2.45. The lowest BCUT2D eigenvalue weighted by atomic mass is 9.83. The van der Waals surface area contributed by atoms with Crippen molar-refractivity contribution in [1.29, 1.82) is 0 Å². The van der Waals surface area contributed by atoms with Crippen LogP contribution in [-0.4, -0.2) is 45.5 Å². The molecule has 2 aromatic heterocycles. The van der Waals surface area contributed by atoms with Gasteiger partial charge in [0.1, 0.15) is 11.4 Å². The lowest BCUT2D eigenvalue weighted by molar-refractivity contribution is 0.0976. The number of fused-ring (bicyclic) bond motifs is 5. The first kappa shape index (κ1) is 18.0. The van der Waals surface area contributed by atoms with Crippen molar-refractivity contribution >= 4 is 39.2 Å². The third-order valence-electron chi connectivity index (χ3n) is 6.59. The van der Waals surface area contributed by atoms with Crippen molar-refractivity contribution in [2.24, 2.45) is 5.92 Å². The summed E-state index contributed by atoms with van der Waals surface area (Å²) in [7, 11) is 0. The van der Waals surface area contributed by atoms with Crippen molar-refractivity contribution in [3.63, 3.8) is 0 Å². The second-order valence-corrected chi connectivity index (χ2v) is 8.82. The SMILES string of the molecule is O=c1[nH]c2ccc(Cl)cc2c(N[C@@H]2CN3CCC2CC3)c1-c1nc2ccccc2[nH]1. The van der Waals surface area contributed by atoms with Gasteiger partial charge in [-0.05, 0) is 62.2 Å². The van der Waals surface area contributed by atoms with Gasteiger partial charge in [0.15, 0.2) is 0 Å². The fourth-order valence-corrected chi connectivity index (χ4v) is 5.20. The molecule has 30 heavy (non-hydrogen) atoms. The fraction of sp³-hybridized carbons (Fsp3) is 0.304. The second kappa shape index (κ2) is 6.86. The standard InChI is InChI=1S/C23H22ClN5O/c24-14-5-6-16-15(11-14)21(25-19-12-29-9-7-13(19)8-10-29)20(23(30)28-16)22-26-17-3-1-2-4-18(17)27-22/h1-6,11,13,19H,7-10,12H2,(H,26,27)(H2,25,28,30)/t19-/m1/s1. The van der Waals surface area contributed by atoms with E-state index in [1.807, 2.05) is 36.4 Å². The Kier molecular flexibility index (Phi) is 4.11. The predicted molar refractivity (Wildman–Crippen MR) is 121 cm³/mol. The Morgan fingerprint density at radius 1 is 1.07 bits per heavy atom. The Morgan fingerprint density at radius 2 is 1.90 bits per heavy atom. The molecule has 0 saturated carbocycles. The molecule has 4 aromatic rings. The molecule has 7 rings (SSSR count). The lowest BCUT2D eigenvalue weighted by Crippen LogP contribution is -2.53. The molecule has 152 valence electrons. The zero-order valence-corrected chi connectivity index (χ0v) is 17.2. The van der Waals surface area contributed by atoms with Gasteiger partial charge in [0.2, 0.25) is 0 Å². The Morgan fingerprint density at radius 3 is 2.67 bits per heavy atom. The van der Waals surface area contributed by atoms with Gasteiger partial charge < -0.3 is 20.2 Å². The van der Waals surface area contributed by atoms with E-state index >= 15 is 0 Å². The molecule has 3 aliphatic heterocycles. The molecule has 3 aliphatic rings. The van der Waals surface area contributed by atoms with Crippen molar-refractivity contribution in [3.8, 4) is 11.4 Å². The quantitative estimate of drug-likeness (QED) is 0.464. The Hall–Kier alpha value is -2.83. The maximum Gasteiger partial charge on any atom is 0.261 e. The molecule has 2 bridgehead atoms. The highest BCUT2D eigenvalue weighted by atomic mass is 35.5. The molecule has 2 aromatic carbocycles. The summed E-state index contributed by atoms with van der Waals surface area (Å²) < 4.78 is 0. The molecule has 6 nitrogen and oxygen atoms in total. The molecule has 5 heterocycles. The minimum Gasteiger partial charge on any atom is -0.379 e. The topological polar surface area (TPSA) is 76.8 Å². The summed E-state index contributed by atoms with van der Waals surface area (Å²) in [5.74, 6) is 1.19. The third kappa shape index (κ3) is 2.90. The summed E-state index contributed by atoms with van der Waals surface area (Å²) in [5, 5.41) is 5.31. The zero-order valence-electron chi connectivity index (χ0n) is 16.4. The number of para-hydroxylation sites is 2. The molecule has 0 aliphatic carbocycles. The molecule has 3 N–H and O–H groups in total. The number of aromatic nitrogens is 3. The number of nitrogens with one attached hydrogen (secondary N) is 3. The van der Waals surface area contributed by atoms with Gasteiger partial charge in [-0.3, -0.25) is 4.79 Å². The molecular weight excluding hydrogens is 398 g/mol. The van der Waals surface area contributed by atoms with Crippen LogP contribution in [0.15, 0.2) is 47.3 Å². The van der Waals surface area contributed by atoms with E-state index < -0.39 is 0 Å². The maximum absolute atomic E-state index is 13.2. The number of benzene rings is 2. The highest BCUT2D eigenvalue weighted by molar-refractivity contribution is 6.31. The molecule has 0 unspecified atom stereocenters. The molecule has 7 heteroatoms. The number of H-pyrrole nitrogens is 2. The van der Waals surface area contributed by atoms with E-state index in [4.69, 9.17) is 16.6 Å². The maximum atomic E-state index is 13.2. The van der Waals surface area contributed by atoms with Crippen molar-refractivity contribution in [3.05, 3.63) is 57.8 Å². The van der Waals surface area contributed by atoms with E-state index in [1.54, 1.807) is 6.07 Å². The van der Waals surface area contributed by atoms with E-state index in [1.165, 1.54) is 25.9 Å². The number of nitrogens with zero attached hydrogens (tertiary/aromatic N) is 2. The highest BCUT2D eigenvalue weighted by Crippen LogP contribution is 2.36. The van der Waals surface area contributed by atoms with Gasteiger partial charge in [-0.2, -0.15) is 0 Å². The van der Waals surface area contributed by atoms with Crippen LogP contribution >= 0.6 is 11.6 Å². The molecule has 3 saturated heterocycles. The summed E-state index contributed by atoms with van der Waals surface area (Å²) in [6.45, 7) is 3.33. The van der Waals surface area contributed by atoms with E-state index in [9.17, 15) is 4.79 Å². The number of imidazole rings is 1. The third-order valence-corrected chi connectivity index (χ3v) is 6.82. The zero-order chi connectivity index (χ0) is 20.2. The van der Waals surface area contributed by atoms with Gasteiger partial charge >= 0.3 is 0 Å². The van der Waals surface area contributed by atoms with Crippen molar-refractivity contribution < 1.29 is 0 Å². The number of rotatable bonds is 3. The average molecular weight is 420 g/mol. The van der Waals surface area contributed by atoms with Gasteiger partial charge in [0, 0.05) is 23.0 Å². The first-order valence-electron chi connectivity index (χ1n) is 10.5. The van der Waals surface area contributed by atoms with Crippen molar-refractivity contribution in [1.82, 2.24) is 19.9 Å². The summed E-state index contributed by atoms with van der Waals surface area (Å²) >= 11 is 6.35.